The molecule has 2 aromatic heterocycles. The quantitative estimate of drug-likeness (QED) is 0.231. The lowest BCUT2D eigenvalue weighted by molar-refractivity contribution is -0.00230. The maximum Gasteiger partial charge on any atom is 0.215 e. The molecule has 0 saturated heterocycles. The number of thiophene rings is 1. The van der Waals surface area contributed by atoms with Crippen LogP contribution in [-0.2, 0) is 15.6 Å². The van der Waals surface area contributed by atoms with Crippen molar-refractivity contribution in [1.29, 1.82) is 0 Å². The van der Waals surface area contributed by atoms with Crippen molar-refractivity contribution in [1.82, 2.24) is 9.71 Å². The van der Waals surface area contributed by atoms with Crippen molar-refractivity contribution in [2.24, 2.45) is 0 Å². The minimum Gasteiger partial charge on any atom is -0.396 e. The van der Waals surface area contributed by atoms with Crippen LogP contribution in [0.4, 0.5) is 10.1 Å². The van der Waals surface area contributed by atoms with E-state index < -0.39 is 39.3 Å². The smallest absolute Gasteiger partial charge is 0.215 e. The number of nitrogens with zero attached hydrogens (tertiary/aromatic N) is 1. The molecule has 4 aromatic rings. The number of nitrogen functional groups attached to an aromatic ring is 1. The van der Waals surface area contributed by atoms with Crippen LogP contribution in [0.1, 0.15) is 41.8 Å². The highest BCUT2D eigenvalue weighted by Gasteiger charge is 2.39. The number of benzene rings is 2. The van der Waals surface area contributed by atoms with Crippen molar-refractivity contribution < 1.29 is 23.0 Å². The zero-order chi connectivity index (χ0) is 26.5. The number of rotatable bonds is 8. The molecule has 194 valence electrons. The van der Waals surface area contributed by atoms with E-state index >= 15 is 4.39 Å². The molecule has 1 aliphatic rings. The number of nitrogens with one attached hydrogen (secondary N) is 1. The molecule has 1 aliphatic carbocycles. The minimum absolute atomic E-state index is 0.0295. The fourth-order valence-electron chi connectivity index (χ4n) is 4.18. The summed E-state index contributed by atoms with van der Waals surface area (Å²) in [7, 11) is -3.73. The van der Waals surface area contributed by atoms with Gasteiger partial charge in [0.1, 0.15) is 5.60 Å². The normalized spacial score (nSPS) is 16.6. The fraction of sp³-hybridized carbons (Fsp3) is 0.269. The summed E-state index contributed by atoms with van der Waals surface area (Å²) in [6.45, 7) is 1.05. The Morgan fingerprint density at radius 2 is 2.03 bits per heavy atom. The number of hydrogen-bond donors (Lipinski definition) is 4. The molecule has 37 heavy (non-hydrogen) atoms. The largest absolute Gasteiger partial charge is 0.396 e. The number of hydrogen-bond acceptors (Lipinski definition) is 7. The number of sulfonamides is 1. The Hall–Kier alpha value is -2.60. The highest BCUT2D eigenvalue weighted by Crippen LogP contribution is 2.42. The van der Waals surface area contributed by atoms with Crippen LogP contribution in [0.15, 0.2) is 54.7 Å². The third kappa shape index (κ3) is 4.97. The van der Waals surface area contributed by atoms with Gasteiger partial charge in [-0.3, -0.25) is 4.98 Å². The van der Waals surface area contributed by atoms with Crippen molar-refractivity contribution in [3.05, 3.63) is 81.6 Å². The number of nitrogens with two attached hydrogens (primary N) is 1. The Kier molecular flexibility index (Phi) is 6.76. The molecule has 2 atom stereocenters. The molecule has 2 heterocycles. The summed E-state index contributed by atoms with van der Waals surface area (Å²) in [5.74, 6) is -0.769. The van der Waals surface area contributed by atoms with E-state index in [0.717, 1.165) is 15.6 Å². The van der Waals surface area contributed by atoms with Crippen molar-refractivity contribution >= 4 is 48.7 Å². The van der Waals surface area contributed by atoms with Crippen LogP contribution < -0.4 is 10.5 Å². The monoisotopic (exact) mass is 561 g/mol. The van der Waals surface area contributed by atoms with E-state index in [1.807, 2.05) is 18.2 Å². The van der Waals surface area contributed by atoms with Crippen molar-refractivity contribution in [3.8, 4) is 11.3 Å². The number of fused-ring (bicyclic) bond motifs is 1. The second-order valence-electron chi connectivity index (χ2n) is 9.39. The molecule has 2 unspecified atom stereocenters. The molecule has 11 heteroatoms. The van der Waals surface area contributed by atoms with Gasteiger partial charge in [-0.15, -0.1) is 11.3 Å². The number of pyridine rings is 1. The number of aromatic nitrogens is 1. The standard InChI is InChI=1S/C26H25ClFN3O4S2/c1-26(33,13-32)15-9-10-30-20(12-15)17-4-2-3-14-11-21(36-25(14)17)24(31-37(34,35)16-5-6-16)22-18(27)7-8-19(29)23(22)28/h2-4,7-12,16,24,31-33H,5-6,13,29H2,1H3. The van der Waals surface area contributed by atoms with Crippen LogP contribution in [0, 0.1) is 5.82 Å². The maximum atomic E-state index is 15.3. The summed E-state index contributed by atoms with van der Waals surface area (Å²) in [4.78, 5) is 4.99. The number of aliphatic hydroxyl groups is 2. The second-order valence-corrected chi connectivity index (χ2v) is 12.9. The van der Waals surface area contributed by atoms with Crippen molar-refractivity contribution in [3.63, 3.8) is 0 Å². The average Bonchev–Trinajstić information content (AvgIpc) is 3.65. The molecule has 0 spiro atoms. The highest BCUT2D eigenvalue weighted by atomic mass is 35.5. The van der Waals surface area contributed by atoms with Gasteiger partial charge in [-0.2, -0.15) is 0 Å². The fourth-order valence-corrected chi connectivity index (χ4v) is 7.28. The van der Waals surface area contributed by atoms with E-state index in [1.54, 1.807) is 24.4 Å². The van der Waals surface area contributed by atoms with Gasteiger partial charge in [0, 0.05) is 31.9 Å². The first-order chi connectivity index (χ1) is 17.5. The lowest BCUT2D eigenvalue weighted by Gasteiger charge is -2.21. The number of halogens is 2. The van der Waals surface area contributed by atoms with E-state index in [0.29, 0.717) is 29.0 Å². The molecule has 0 bridgehead atoms. The molecular formula is C26H25ClFN3O4S2. The number of aliphatic hydroxyl groups excluding tert-OH is 1. The molecular weight excluding hydrogens is 537 g/mol. The first kappa shape index (κ1) is 26.0. The van der Waals surface area contributed by atoms with Crippen LogP contribution >= 0.6 is 22.9 Å². The van der Waals surface area contributed by atoms with Gasteiger partial charge in [-0.1, -0.05) is 29.8 Å². The number of anilines is 1. The summed E-state index contributed by atoms with van der Waals surface area (Å²) in [6.07, 6.45) is 2.65. The summed E-state index contributed by atoms with van der Waals surface area (Å²) in [5.41, 5.74) is 6.02. The van der Waals surface area contributed by atoms with E-state index in [1.165, 1.54) is 30.4 Å². The SMILES string of the molecule is CC(O)(CO)c1ccnc(-c2cccc3cc(C(NS(=O)(=O)C4CC4)c4c(Cl)ccc(N)c4F)sc23)c1. The average molecular weight is 562 g/mol. The summed E-state index contributed by atoms with van der Waals surface area (Å²) >= 11 is 7.68. The van der Waals surface area contributed by atoms with Gasteiger partial charge in [0.15, 0.2) is 5.82 Å². The predicted octanol–water partition coefficient (Wildman–Crippen LogP) is 4.71. The van der Waals surface area contributed by atoms with Gasteiger partial charge in [0.25, 0.3) is 0 Å². The molecule has 0 radical (unpaired) electrons. The van der Waals surface area contributed by atoms with E-state index in [9.17, 15) is 18.6 Å². The first-order valence-corrected chi connectivity index (χ1v) is 14.3. The third-order valence-electron chi connectivity index (χ3n) is 6.50. The predicted molar refractivity (Wildman–Crippen MR) is 144 cm³/mol. The van der Waals surface area contributed by atoms with E-state index in [-0.39, 0.29) is 16.3 Å². The summed E-state index contributed by atoms with van der Waals surface area (Å²) < 4.78 is 44.7. The Labute approximate surface area is 222 Å². The highest BCUT2D eigenvalue weighted by molar-refractivity contribution is 7.90. The Bertz CT molecular complexity index is 1600. The first-order valence-electron chi connectivity index (χ1n) is 11.6. The van der Waals surface area contributed by atoms with Crippen LogP contribution in [0.25, 0.3) is 21.3 Å². The van der Waals surface area contributed by atoms with Gasteiger partial charge >= 0.3 is 0 Å². The Morgan fingerprint density at radius 1 is 1.27 bits per heavy atom. The summed E-state index contributed by atoms with van der Waals surface area (Å²) in [6, 6.07) is 12.4. The molecule has 0 amide bonds. The molecule has 2 aromatic carbocycles. The zero-order valence-electron chi connectivity index (χ0n) is 19.8. The molecule has 7 nitrogen and oxygen atoms in total. The second kappa shape index (κ2) is 9.61. The molecule has 5 rings (SSSR count). The van der Waals surface area contributed by atoms with Gasteiger partial charge in [0.2, 0.25) is 10.0 Å². The van der Waals surface area contributed by atoms with Crippen LogP contribution in [0.3, 0.4) is 0 Å². The lowest BCUT2D eigenvalue weighted by atomic mass is 9.96. The zero-order valence-corrected chi connectivity index (χ0v) is 22.2. The Morgan fingerprint density at radius 3 is 2.73 bits per heavy atom. The van der Waals surface area contributed by atoms with Gasteiger partial charge in [-0.25, -0.2) is 17.5 Å². The molecule has 5 N–H and O–H groups in total. The van der Waals surface area contributed by atoms with Crippen molar-refractivity contribution in [2.75, 3.05) is 12.3 Å². The minimum atomic E-state index is -3.73. The summed E-state index contributed by atoms with van der Waals surface area (Å²) in [5, 5.41) is 20.4. The van der Waals surface area contributed by atoms with Gasteiger partial charge in [0.05, 0.1) is 29.3 Å². The van der Waals surface area contributed by atoms with Crippen molar-refractivity contribution in [2.45, 2.75) is 36.7 Å². The topological polar surface area (TPSA) is 126 Å². The van der Waals surface area contributed by atoms with E-state index in [4.69, 9.17) is 17.3 Å². The third-order valence-corrected chi connectivity index (χ3v) is 10.00. The van der Waals surface area contributed by atoms with Crippen LogP contribution in [-0.4, -0.2) is 35.5 Å². The molecule has 0 aliphatic heterocycles. The van der Waals surface area contributed by atoms with Crippen LogP contribution in [0.2, 0.25) is 5.02 Å². The lowest BCUT2D eigenvalue weighted by Crippen LogP contribution is -2.32. The van der Waals surface area contributed by atoms with Gasteiger partial charge in [-0.05, 0) is 61.0 Å². The van der Waals surface area contributed by atoms with E-state index in [2.05, 4.69) is 9.71 Å². The van der Waals surface area contributed by atoms with Crippen LogP contribution in [0.5, 0.6) is 0 Å². The molecule has 1 fully saturated rings. The Balaban J connectivity index is 1.67. The maximum absolute atomic E-state index is 15.3. The van der Waals surface area contributed by atoms with Gasteiger partial charge < -0.3 is 15.9 Å². The molecule has 1 saturated carbocycles.